The average molecular weight is 263 g/mol. The third-order valence-corrected chi connectivity index (χ3v) is 2.17. The lowest BCUT2D eigenvalue weighted by Crippen LogP contribution is -2.16. The smallest absolute Gasteiger partial charge is 0.416 e. The maximum Gasteiger partial charge on any atom is 0.416 e. The molecule has 0 unspecified atom stereocenters. The zero-order valence-electron chi connectivity index (χ0n) is 10.1. The van der Waals surface area contributed by atoms with Crippen LogP contribution in [0.15, 0.2) is 24.3 Å². The van der Waals surface area contributed by atoms with Crippen LogP contribution in [0.2, 0.25) is 0 Å². The van der Waals surface area contributed by atoms with Gasteiger partial charge in [-0.2, -0.15) is 13.2 Å². The number of hydrogen-bond acceptors (Lipinski definition) is 3. The molecular formula is C12H16F3NO2. The van der Waals surface area contributed by atoms with Crippen molar-refractivity contribution in [1.29, 1.82) is 0 Å². The van der Waals surface area contributed by atoms with Crippen molar-refractivity contribution in [2.45, 2.75) is 6.18 Å². The van der Waals surface area contributed by atoms with Gasteiger partial charge in [-0.25, -0.2) is 0 Å². The molecule has 102 valence electrons. The number of likely N-dealkylation sites (N-methyl/N-ethyl adjacent to an activating group) is 1. The first kappa shape index (κ1) is 14.8. The number of ether oxygens (including phenoxy) is 2. The zero-order chi connectivity index (χ0) is 13.4. The SMILES string of the molecule is CNCCOCCOc1ccc(C(F)(F)F)cc1. The average Bonchev–Trinajstić information content (AvgIpc) is 2.33. The fourth-order valence-corrected chi connectivity index (χ4v) is 1.23. The van der Waals surface area contributed by atoms with Crippen molar-refractivity contribution in [3.8, 4) is 5.75 Å². The molecular weight excluding hydrogens is 247 g/mol. The molecule has 0 amide bonds. The van der Waals surface area contributed by atoms with E-state index in [2.05, 4.69) is 5.32 Å². The predicted octanol–water partition coefficient (Wildman–Crippen LogP) is 2.32. The summed E-state index contributed by atoms with van der Waals surface area (Å²) in [5, 5.41) is 2.92. The number of nitrogens with one attached hydrogen (secondary N) is 1. The van der Waals surface area contributed by atoms with Gasteiger partial charge in [-0.05, 0) is 31.3 Å². The number of benzene rings is 1. The van der Waals surface area contributed by atoms with Crippen LogP contribution in [0.1, 0.15) is 5.56 Å². The minimum atomic E-state index is -4.31. The highest BCUT2D eigenvalue weighted by Crippen LogP contribution is 2.30. The first-order valence-electron chi connectivity index (χ1n) is 5.56. The molecule has 1 N–H and O–H groups in total. The van der Waals surface area contributed by atoms with E-state index in [9.17, 15) is 13.2 Å². The topological polar surface area (TPSA) is 30.5 Å². The summed E-state index contributed by atoms with van der Waals surface area (Å²) in [5.74, 6) is 0.403. The lowest BCUT2D eigenvalue weighted by molar-refractivity contribution is -0.137. The van der Waals surface area contributed by atoms with Crippen molar-refractivity contribution in [3.63, 3.8) is 0 Å². The lowest BCUT2D eigenvalue weighted by Gasteiger charge is -2.09. The Kier molecular flexibility index (Phi) is 5.94. The van der Waals surface area contributed by atoms with Gasteiger partial charge < -0.3 is 14.8 Å². The fraction of sp³-hybridized carbons (Fsp3) is 0.500. The van der Waals surface area contributed by atoms with Crippen LogP contribution in [0, 0.1) is 0 Å². The highest BCUT2D eigenvalue weighted by atomic mass is 19.4. The molecule has 6 heteroatoms. The second kappa shape index (κ2) is 7.23. The third kappa shape index (κ3) is 5.37. The number of halogens is 3. The molecule has 0 aliphatic rings. The van der Waals surface area contributed by atoms with Crippen LogP contribution in [0.4, 0.5) is 13.2 Å². The number of hydrogen-bond donors (Lipinski definition) is 1. The summed E-state index contributed by atoms with van der Waals surface area (Å²) in [6.45, 7) is 2.05. The van der Waals surface area contributed by atoms with Gasteiger partial charge in [0.1, 0.15) is 12.4 Å². The molecule has 0 saturated heterocycles. The van der Waals surface area contributed by atoms with Crippen LogP contribution in [-0.2, 0) is 10.9 Å². The van der Waals surface area contributed by atoms with E-state index in [1.807, 2.05) is 7.05 Å². The molecule has 3 nitrogen and oxygen atoms in total. The molecule has 1 aromatic carbocycles. The van der Waals surface area contributed by atoms with Crippen molar-refractivity contribution >= 4 is 0 Å². The Morgan fingerprint density at radius 1 is 1.06 bits per heavy atom. The molecule has 0 atom stereocenters. The van der Waals surface area contributed by atoms with Crippen LogP contribution in [-0.4, -0.2) is 33.4 Å². The van der Waals surface area contributed by atoms with E-state index in [0.717, 1.165) is 18.7 Å². The third-order valence-electron chi connectivity index (χ3n) is 2.17. The Morgan fingerprint density at radius 3 is 2.28 bits per heavy atom. The van der Waals surface area contributed by atoms with Crippen molar-refractivity contribution in [2.24, 2.45) is 0 Å². The number of alkyl halides is 3. The standard InChI is InChI=1S/C12H16F3NO2/c1-16-6-7-17-8-9-18-11-4-2-10(3-5-11)12(13,14)15/h2-5,16H,6-9H2,1H3. The van der Waals surface area contributed by atoms with Gasteiger partial charge in [0.25, 0.3) is 0 Å². The molecule has 1 aromatic rings. The summed E-state index contributed by atoms with van der Waals surface area (Å²) in [4.78, 5) is 0. The van der Waals surface area contributed by atoms with Gasteiger partial charge in [0.2, 0.25) is 0 Å². The highest BCUT2D eigenvalue weighted by molar-refractivity contribution is 5.28. The minimum absolute atomic E-state index is 0.315. The number of rotatable bonds is 7. The van der Waals surface area contributed by atoms with E-state index in [0.29, 0.717) is 25.6 Å². The van der Waals surface area contributed by atoms with Gasteiger partial charge in [0.15, 0.2) is 0 Å². The van der Waals surface area contributed by atoms with Crippen molar-refractivity contribution in [3.05, 3.63) is 29.8 Å². The van der Waals surface area contributed by atoms with Gasteiger partial charge in [0.05, 0.1) is 18.8 Å². The Morgan fingerprint density at radius 2 is 1.72 bits per heavy atom. The van der Waals surface area contributed by atoms with Gasteiger partial charge in [-0.1, -0.05) is 0 Å². The molecule has 0 heterocycles. The molecule has 1 rings (SSSR count). The van der Waals surface area contributed by atoms with Crippen LogP contribution in [0.3, 0.4) is 0 Å². The molecule has 0 saturated carbocycles. The van der Waals surface area contributed by atoms with Gasteiger partial charge >= 0.3 is 6.18 Å². The molecule has 0 fully saturated rings. The van der Waals surface area contributed by atoms with Gasteiger partial charge in [0, 0.05) is 6.54 Å². The lowest BCUT2D eigenvalue weighted by atomic mass is 10.2. The van der Waals surface area contributed by atoms with E-state index >= 15 is 0 Å². The zero-order valence-corrected chi connectivity index (χ0v) is 10.1. The van der Waals surface area contributed by atoms with Crippen LogP contribution < -0.4 is 10.1 Å². The van der Waals surface area contributed by atoms with E-state index in [1.165, 1.54) is 12.1 Å². The van der Waals surface area contributed by atoms with E-state index in [4.69, 9.17) is 9.47 Å². The summed E-state index contributed by atoms with van der Waals surface area (Å²) < 4.78 is 47.3. The minimum Gasteiger partial charge on any atom is -0.491 e. The summed E-state index contributed by atoms with van der Waals surface area (Å²) in [6.07, 6.45) is -4.31. The second-order valence-corrected chi connectivity index (χ2v) is 3.59. The summed E-state index contributed by atoms with van der Waals surface area (Å²) in [6, 6.07) is 4.60. The molecule has 0 aromatic heterocycles. The Balaban J connectivity index is 2.27. The maximum absolute atomic E-state index is 12.3. The second-order valence-electron chi connectivity index (χ2n) is 3.59. The van der Waals surface area contributed by atoms with E-state index < -0.39 is 11.7 Å². The van der Waals surface area contributed by atoms with Crippen LogP contribution >= 0.6 is 0 Å². The first-order valence-corrected chi connectivity index (χ1v) is 5.56. The fourth-order valence-electron chi connectivity index (χ4n) is 1.23. The summed E-state index contributed by atoms with van der Waals surface area (Å²) in [7, 11) is 1.82. The maximum atomic E-state index is 12.3. The predicted molar refractivity (Wildman–Crippen MR) is 61.7 cm³/mol. The molecule has 18 heavy (non-hydrogen) atoms. The Bertz CT molecular complexity index is 338. The van der Waals surface area contributed by atoms with Crippen LogP contribution in [0.5, 0.6) is 5.75 Å². The summed E-state index contributed by atoms with van der Waals surface area (Å²) >= 11 is 0. The largest absolute Gasteiger partial charge is 0.491 e. The molecule has 0 aliphatic carbocycles. The van der Waals surface area contributed by atoms with Gasteiger partial charge in [-0.3, -0.25) is 0 Å². The molecule has 0 radical (unpaired) electrons. The van der Waals surface area contributed by atoms with Crippen molar-refractivity contribution in [1.82, 2.24) is 5.32 Å². The van der Waals surface area contributed by atoms with Crippen molar-refractivity contribution in [2.75, 3.05) is 33.4 Å². The van der Waals surface area contributed by atoms with Gasteiger partial charge in [-0.15, -0.1) is 0 Å². The first-order chi connectivity index (χ1) is 8.54. The molecule has 0 bridgehead atoms. The molecule has 0 spiro atoms. The normalized spacial score (nSPS) is 11.6. The quantitative estimate of drug-likeness (QED) is 0.766. The summed E-state index contributed by atoms with van der Waals surface area (Å²) in [5.41, 5.74) is -0.680. The van der Waals surface area contributed by atoms with Crippen molar-refractivity contribution < 1.29 is 22.6 Å². The Labute approximate surface area is 104 Å². The van der Waals surface area contributed by atoms with E-state index in [1.54, 1.807) is 0 Å². The van der Waals surface area contributed by atoms with Crippen LogP contribution in [0.25, 0.3) is 0 Å². The molecule has 0 aliphatic heterocycles. The Hall–Kier alpha value is -1.27. The van der Waals surface area contributed by atoms with E-state index in [-0.39, 0.29) is 0 Å². The highest BCUT2D eigenvalue weighted by Gasteiger charge is 2.29. The monoisotopic (exact) mass is 263 g/mol.